The largest absolute Gasteiger partial charge is 0.399 e. The molecule has 0 aromatic heterocycles. The van der Waals surface area contributed by atoms with Gasteiger partial charge >= 0.3 is 10.4 Å². The molecule has 0 bridgehead atoms. The summed E-state index contributed by atoms with van der Waals surface area (Å²) in [6.07, 6.45) is 0. The van der Waals surface area contributed by atoms with Crippen molar-refractivity contribution in [2.24, 2.45) is 0 Å². The molecule has 0 unspecified atom stereocenters. The summed E-state index contributed by atoms with van der Waals surface area (Å²) < 4.78 is 30.1. The van der Waals surface area contributed by atoms with E-state index in [0.717, 1.165) is 12.7 Å². The zero-order valence-corrected chi connectivity index (χ0v) is 8.66. The smallest absolute Gasteiger partial charge is 0.344 e. The van der Waals surface area contributed by atoms with E-state index in [0.29, 0.717) is 0 Å². The van der Waals surface area contributed by atoms with Crippen LogP contribution in [0.1, 0.15) is 5.56 Å². The van der Waals surface area contributed by atoms with Gasteiger partial charge < -0.3 is 6.15 Å². The Kier molecular flexibility index (Phi) is 5.32. The van der Waals surface area contributed by atoms with Crippen LogP contribution in [0.25, 0.3) is 0 Å². The predicted octanol–water partition coefficient (Wildman–Crippen LogP) is 1.26. The van der Waals surface area contributed by atoms with E-state index in [2.05, 4.69) is 8.37 Å². The number of rotatable bonds is 4. The number of hydrogen-bond acceptors (Lipinski definition) is 5. The average molecular weight is 219 g/mol. The zero-order valence-electron chi connectivity index (χ0n) is 7.84. The van der Waals surface area contributed by atoms with Crippen molar-refractivity contribution in [3.8, 4) is 0 Å². The first kappa shape index (κ1) is 13.1. The molecule has 0 heterocycles. The molecule has 0 fully saturated rings. The van der Waals surface area contributed by atoms with Crippen LogP contribution in [0.3, 0.4) is 0 Å². The minimum atomic E-state index is -3.82. The topological polar surface area (TPSA) is 87.6 Å². The van der Waals surface area contributed by atoms with Crippen LogP contribution in [0.5, 0.6) is 0 Å². The fourth-order valence-corrected chi connectivity index (χ4v) is 1.14. The lowest BCUT2D eigenvalue weighted by atomic mass is 10.2. The van der Waals surface area contributed by atoms with E-state index in [1.807, 2.05) is 6.07 Å². The molecule has 0 saturated carbocycles. The molecule has 1 rings (SSSR count). The molecule has 0 aliphatic heterocycles. The maximum Gasteiger partial charge on any atom is 0.399 e. The monoisotopic (exact) mass is 219 g/mol. The molecule has 5 nitrogen and oxygen atoms in total. The van der Waals surface area contributed by atoms with Gasteiger partial charge in [0.05, 0.1) is 13.7 Å². The molecule has 1 aromatic rings. The van der Waals surface area contributed by atoms with Crippen LogP contribution >= 0.6 is 0 Å². The summed E-state index contributed by atoms with van der Waals surface area (Å²) in [4.78, 5) is 0. The van der Waals surface area contributed by atoms with Crippen LogP contribution in [-0.4, -0.2) is 15.5 Å². The summed E-state index contributed by atoms with van der Waals surface area (Å²) in [5, 5.41) is 0. The second kappa shape index (κ2) is 5.71. The first-order valence-corrected chi connectivity index (χ1v) is 4.96. The van der Waals surface area contributed by atoms with E-state index in [1.165, 1.54) is 0 Å². The van der Waals surface area contributed by atoms with Crippen molar-refractivity contribution in [1.29, 1.82) is 0 Å². The highest BCUT2D eigenvalue weighted by Crippen LogP contribution is 2.03. The highest BCUT2D eigenvalue weighted by atomic mass is 32.3. The molecule has 0 aliphatic rings. The van der Waals surface area contributed by atoms with Gasteiger partial charge in [-0.15, -0.1) is 0 Å². The minimum Gasteiger partial charge on any atom is -0.344 e. The third kappa shape index (κ3) is 4.33. The molecule has 0 aliphatic carbocycles. The number of benzene rings is 1. The second-order valence-corrected chi connectivity index (χ2v) is 3.71. The van der Waals surface area contributed by atoms with Crippen LogP contribution < -0.4 is 6.15 Å². The van der Waals surface area contributed by atoms with Gasteiger partial charge in [-0.1, -0.05) is 30.3 Å². The van der Waals surface area contributed by atoms with Crippen molar-refractivity contribution in [2.45, 2.75) is 6.61 Å². The third-order valence-electron chi connectivity index (χ3n) is 1.42. The Hall–Kier alpha value is -0.950. The van der Waals surface area contributed by atoms with Crippen LogP contribution in [0.2, 0.25) is 0 Å². The van der Waals surface area contributed by atoms with E-state index in [9.17, 15) is 8.42 Å². The van der Waals surface area contributed by atoms with E-state index in [-0.39, 0.29) is 12.8 Å². The molecular formula is C8H13NO4S. The van der Waals surface area contributed by atoms with Gasteiger partial charge in [-0.3, -0.25) is 4.18 Å². The summed E-state index contributed by atoms with van der Waals surface area (Å²) in [6, 6.07) is 8.99. The molecule has 0 amide bonds. The maximum absolute atomic E-state index is 10.7. The van der Waals surface area contributed by atoms with Crippen LogP contribution in [0, 0.1) is 0 Å². The van der Waals surface area contributed by atoms with Gasteiger partial charge in [-0.05, 0) is 5.56 Å². The third-order valence-corrected chi connectivity index (χ3v) is 2.23. The molecule has 1 aromatic carbocycles. The Morgan fingerprint density at radius 3 is 2.29 bits per heavy atom. The van der Waals surface area contributed by atoms with Gasteiger partial charge in [-0.25, -0.2) is 4.18 Å². The Morgan fingerprint density at radius 1 is 1.21 bits per heavy atom. The Balaban J connectivity index is 0.00000169. The van der Waals surface area contributed by atoms with Crippen molar-refractivity contribution < 1.29 is 16.8 Å². The fourth-order valence-electron chi connectivity index (χ4n) is 0.763. The Morgan fingerprint density at radius 2 is 1.79 bits per heavy atom. The molecule has 0 radical (unpaired) electrons. The fraction of sp³-hybridized carbons (Fsp3) is 0.250. The standard InChI is InChI=1S/C8H10O4S.H3N/c1-11-13(9,10)12-7-8-5-3-2-4-6-8;/h2-6H,7H2,1H3;1H3. The molecule has 0 spiro atoms. The van der Waals surface area contributed by atoms with E-state index >= 15 is 0 Å². The first-order valence-electron chi connectivity index (χ1n) is 3.63. The Bertz CT molecular complexity index is 349. The summed E-state index contributed by atoms with van der Waals surface area (Å²) in [5.41, 5.74) is 0.781. The molecule has 3 N–H and O–H groups in total. The van der Waals surface area contributed by atoms with Gasteiger partial charge in [0.25, 0.3) is 0 Å². The van der Waals surface area contributed by atoms with Crippen molar-refractivity contribution in [1.82, 2.24) is 6.15 Å². The molecule has 6 heteroatoms. The molecular weight excluding hydrogens is 206 g/mol. The first-order chi connectivity index (χ1) is 6.14. The van der Waals surface area contributed by atoms with Crippen LogP contribution in [0.15, 0.2) is 30.3 Å². The lowest BCUT2D eigenvalue weighted by Crippen LogP contribution is -2.06. The predicted molar refractivity (Wildman–Crippen MR) is 52.2 cm³/mol. The van der Waals surface area contributed by atoms with Gasteiger partial charge in [0.15, 0.2) is 0 Å². The number of hydrogen-bond donors (Lipinski definition) is 1. The molecule has 14 heavy (non-hydrogen) atoms. The summed E-state index contributed by atoms with van der Waals surface area (Å²) >= 11 is 0. The second-order valence-electron chi connectivity index (χ2n) is 2.32. The minimum absolute atomic E-state index is 0. The normalized spacial score (nSPS) is 10.6. The SMILES string of the molecule is COS(=O)(=O)OCc1ccccc1.N. The van der Waals surface area contributed by atoms with Crippen molar-refractivity contribution in [2.75, 3.05) is 7.11 Å². The highest BCUT2D eigenvalue weighted by molar-refractivity contribution is 7.81. The lowest BCUT2D eigenvalue weighted by molar-refractivity contribution is 0.236. The van der Waals surface area contributed by atoms with E-state index in [4.69, 9.17) is 0 Å². The maximum atomic E-state index is 10.7. The van der Waals surface area contributed by atoms with E-state index in [1.54, 1.807) is 24.3 Å². The van der Waals surface area contributed by atoms with Crippen LogP contribution in [0.4, 0.5) is 0 Å². The quantitative estimate of drug-likeness (QED) is 0.823. The summed E-state index contributed by atoms with van der Waals surface area (Å²) in [5.74, 6) is 0. The van der Waals surface area contributed by atoms with Crippen LogP contribution in [-0.2, 0) is 25.4 Å². The molecule has 80 valence electrons. The summed E-state index contributed by atoms with van der Waals surface area (Å²) in [6.45, 7) is -0.00296. The molecule has 0 atom stereocenters. The van der Waals surface area contributed by atoms with Crippen molar-refractivity contribution >= 4 is 10.4 Å². The Labute approximate surface area is 83.6 Å². The zero-order chi connectivity index (χ0) is 9.73. The van der Waals surface area contributed by atoms with Crippen molar-refractivity contribution in [3.05, 3.63) is 35.9 Å². The van der Waals surface area contributed by atoms with Gasteiger partial charge in [-0.2, -0.15) is 8.42 Å². The van der Waals surface area contributed by atoms with Crippen molar-refractivity contribution in [3.63, 3.8) is 0 Å². The van der Waals surface area contributed by atoms with Gasteiger partial charge in [0.2, 0.25) is 0 Å². The average Bonchev–Trinajstić information content (AvgIpc) is 2.17. The summed E-state index contributed by atoms with van der Waals surface area (Å²) in [7, 11) is -2.76. The molecule has 0 saturated heterocycles. The van der Waals surface area contributed by atoms with E-state index < -0.39 is 10.4 Å². The highest BCUT2D eigenvalue weighted by Gasteiger charge is 2.07. The lowest BCUT2D eigenvalue weighted by Gasteiger charge is -2.01. The van der Waals surface area contributed by atoms with Gasteiger partial charge in [0, 0.05) is 0 Å². The van der Waals surface area contributed by atoms with Gasteiger partial charge in [0.1, 0.15) is 0 Å².